The van der Waals surface area contributed by atoms with Crippen LogP contribution in [0.2, 0.25) is 0 Å². The van der Waals surface area contributed by atoms with Gasteiger partial charge in [-0.2, -0.15) is 13.2 Å². The van der Waals surface area contributed by atoms with Crippen molar-refractivity contribution in [3.63, 3.8) is 0 Å². The Bertz CT molecular complexity index is 851. The first-order chi connectivity index (χ1) is 12.6. The lowest BCUT2D eigenvalue weighted by atomic mass is 9.98. The van der Waals surface area contributed by atoms with Crippen LogP contribution >= 0.6 is 0 Å². The van der Waals surface area contributed by atoms with Gasteiger partial charge >= 0.3 is 18.2 Å². The molecule has 0 saturated heterocycles. The number of amides is 1. The van der Waals surface area contributed by atoms with Crippen LogP contribution in [-0.2, 0) is 9.53 Å². The summed E-state index contributed by atoms with van der Waals surface area (Å²) in [6.45, 7) is 0.157. The molecule has 0 bridgehead atoms. The number of halogens is 3. The van der Waals surface area contributed by atoms with Crippen LogP contribution in [0.15, 0.2) is 48.5 Å². The summed E-state index contributed by atoms with van der Waals surface area (Å²) in [5.74, 6) is -2.56. The number of ether oxygens (including phenoxy) is 1. The van der Waals surface area contributed by atoms with Gasteiger partial charge in [-0.1, -0.05) is 48.5 Å². The molecule has 0 spiro atoms. The fraction of sp³-hybridized carbons (Fsp3) is 0.263. The maximum absolute atomic E-state index is 13.0. The minimum Gasteiger partial charge on any atom is -0.479 e. The molecule has 1 amide bonds. The second kappa shape index (κ2) is 6.61. The highest BCUT2D eigenvalue weighted by atomic mass is 19.4. The number of carboxylic acid groups (broad SMARTS) is 1. The second-order valence-corrected chi connectivity index (χ2v) is 6.38. The molecule has 2 aromatic rings. The fourth-order valence-corrected chi connectivity index (χ4v) is 3.08. The van der Waals surface area contributed by atoms with Gasteiger partial charge in [-0.25, -0.2) is 9.59 Å². The van der Waals surface area contributed by atoms with Crippen LogP contribution in [0.1, 0.15) is 24.0 Å². The number of hydrogen-bond acceptors (Lipinski definition) is 3. The second-order valence-electron chi connectivity index (χ2n) is 6.38. The molecule has 0 unspecified atom stereocenters. The minimum atomic E-state index is -5.18. The summed E-state index contributed by atoms with van der Waals surface area (Å²) in [4.78, 5) is 22.9. The minimum absolute atomic E-state index is 0.215. The Morgan fingerprint density at radius 1 is 1.04 bits per heavy atom. The maximum atomic E-state index is 13.0. The fourth-order valence-electron chi connectivity index (χ4n) is 3.08. The number of nitrogens with one attached hydrogen (secondary N) is 1. The van der Waals surface area contributed by atoms with E-state index in [2.05, 4.69) is 0 Å². The molecular weight excluding hydrogens is 363 g/mol. The van der Waals surface area contributed by atoms with Crippen molar-refractivity contribution < 1.29 is 32.6 Å². The number of carbonyl (C=O) groups is 2. The van der Waals surface area contributed by atoms with Crippen molar-refractivity contribution in [2.24, 2.45) is 0 Å². The van der Waals surface area contributed by atoms with Crippen molar-refractivity contribution in [3.05, 3.63) is 59.7 Å². The summed E-state index contributed by atoms with van der Waals surface area (Å²) < 4.78 is 44.0. The molecule has 0 fully saturated rings. The Morgan fingerprint density at radius 2 is 1.52 bits per heavy atom. The van der Waals surface area contributed by atoms with E-state index in [1.54, 1.807) is 0 Å². The number of aliphatic carboxylic acids is 1. The lowest BCUT2D eigenvalue weighted by Crippen LogP contribution is -2.62. The van der Waals surface area contributed by atoms with Crippen LogP contribution in [-0.4, -0.2) is 35.5 Å². The molecule has 8 heteroatoms. The number of alkyl carbamates (subject to hydrolysis) is 1. The zero-order chi connectivity index (χ0) is 19.8. The van der Waals surface area contributed by atoms with Gasteiger partial charge in [-0.3, -0.25) is 5.32 Å². The van der Waals surface area contributed by atoms with Gasteiger partial charge in [-0.05, 0) is 29.2 Å². The molecule has 0 aromatic heterocycles. The summed E-state index contributed by atoms with van der Waals surface area (Å²) in [5.41, 5.74) is 0.280. The molecule has 0 saturated carbocycles. The van der Waals surface area contributed by atoms with Crippen LogP contribution in [0.25, 0.3) is 11.1 Å². The Balaban J connectivity index is 1.77. The Kier molecular flexibility index (Phi) is 4.59. The van der Waals surface area contributed by atoms with Gasteiger partial charge in [0.15, 0.2) is 0 Å². The van der Waals surface area contributed by atoms with E-state index in [0.29, 0.717) is 6.92 Å². The smallest absolute Gasteiger partial charge is 0.422 e. The van der Waals surface area contributed by atoms with Gasteiger partial charge in [0, 0.05) is 5.92 Å². The highest BCUT2D eigenvalue weighted by Crippen LogP contribution is 2.44. The number of hydrogen-bond donors (Lipinski definition) is 2. The largest absolute Gasteiger partial charge is 0.479 e. The number of rotatable bonds is 4. The summed E-state index contributed by atoms with van der Waals surface area (Å²) >= 11 is 0. The molecule has 1 aliphatic rings. The third-order valence-electron chi connectivity index (χ3n) is 4.69. The summed E-state index contributed by atoms with van der Waals surface area (Å²) in [7, 11) is 0. The standard InChI is InChI=1S/C19H16F3NO4/c1-18(16(24)25,19(20,21)22)23-17(26)27-10-15-13-8-4-2-6-11(13)12-7-3-5-9-14(12)15/h2-9,15H,10H2,1H3,(H,23,26)(H,24,25)/t18-/m0/s1. The van der Waals surface area contributed by atoms with E-state index in [4.69, 9.17) is 9.84 Å². The SMILES string of the molecule is C[C@](NC(=O)OCC1c2ccccc2-c2ccccc21)(C(=O)O)C(F)(F)F. The summed E-state index contributed by atoms with van der Waals surface area (Å²) in [6.07, 6.45) is -6.62. The lowest BCUT2D eigenvalue weighted by Gasteiger charge is -2.28. The first-order valence-corrected chi connectivity index (χ1v) is 8.08. The van der Waals surface area contributed by atoms with Crippen molar-refractivity contribution in [2.45, 2.75) is 24.6 Å². The Labute approximate surface area is 152 Å². The third kappa shape index (κ3) is 3.22. The molecule has 142 valence electrons. The summed E-state index contributed by atoms with van der Waals surface area (Å²) in [5, 5.41) is 10.3. The highest BCUT2D eigenvalue weighted by molar-refractivity contribution is 5.85. The Hall–Kier alpha value is -3.03. The van der Waals surface area contributed by atoms with Crippen LogP contribution in [0.3, 0.4) is 0 Å². The van der Waals surface area contributed by atoms with Gasteiger partial charge in [0.25, 0.3) is 0 Å². The monoisotopic (exact) mass is 379 g/mol. The van der Waals surface area contributed by atoms with Crippen LogP contribution in [0.4, 0.5) is 18.0 Å². The zero-order valence-corrected chi connectivity index (χ0v) is 14.2. The van der Waals surface area contributed by atoms with Crippen molar-refractivity contribution in [2.75, 3.05) is 6.61 Å². The highest BCUT2D eigenvalue weighted by Gasteiger charge is 2.59. The van der Waals surface area contributed by atoms with Gasteiger partial charge < -0.3 is 9.84 Å². The van der Waals surface area contributed by atoms with Gasteiger partial charge in [0.2, 0.25) is 5.54 Å². The number of benzene rings is 2. The van der Waals surface area contributed by atoms with E-state index in [1.165, 1.54) is 5.32 Å². The quantitative estimate of drug-likeness (QED) is 0.844. The predicted molar refractivity (Wildman–Crippen MR) is 90.3 cm³/mol. The average molecular weight is 379 g/mol. The van der Waals surface area contributed by atoms with E-state index in [0.717, 1.165) is 22.3 Å². The van der Waals surface area contributed by atoms with Crippen molar-refractivity contribution >= 4 is 12.1 Å². The van der Waals surface area contributed by atoms with E-state index in [9.17, 15) is 22.8 Å². The number of carbonyl (C=O) groups excluding carboxylic acids is 1. The molecule has 1 aliphatic carbocycles. The molecular formula is C19H16F3NO4. The van der Waals surface area contributed by atoms with Crippen molar-refractivity contribution in [1.29, 1.82) is 0 Å². The molecule has 27 heavy (non-hydrogen) atoms. The van der Waals surface area contributed by atoms with Gasteiger partial charge in [-0.15, -0.1) is 0 Å². The van der Waals surface area contributed by atoms with E-state index in [-0.39, 0.29) is 12.5 Å². The first-order valence-electron chi connectivity index (χ1n) is 8.08. The number of alkyl halides is 3. The molecule has 1 atom stereocenters. The Morgan fingerprint density at radius 3 is 1.96 bits per heavy atom. The topological polar surface area (TPSA) is 75.6 Å². The lowest BCUT2D eigenvalue weighted by molar-refractivity contribution is -0.204. The third-order valence-corrected chi connectivity index (χ3v) is 4.69. The van der Waals surface area contributed by atoms with Crippen LogP contribution in [0.5, 0.6) is 0 Å². The van der Waals surface area contributed by atoms with E-state index in [1.807, 2.05) is 48.5 Å². The maximum Gasteiger partial charge on any atom is 0.422 e. The molecule has 3 rings (SSSR count). The molecule has 5 nitrogen and oxygen atoms in total. The normalized spacial score (nSPS) is 15.4. The molecule has 0 heterocycles. The number of fused-ring (bicyclic) bond motifs is 3. The van der Waals surface area contributed by atoms with Crippen molar-refractivity contribution in [1.82, 2.24) is 5.32 Å². The van der Waals surface area contributed by atoms with E-state index < -0.39 is 23.8 Å². The average Bonchev–Trinajstić information content (AvgIpc) is 2.93. The summed E-state index contributed by atoms with van der Waals surface area (Å²) in [6, 6.07) is 14.9. The van der Waals surface area contributed by atoms with E-state index >= 15 is 0 Å². The van der Waals surface area contributed by atoms with Gasteiger partial charge in [0.05, 0.1) is 0 Å². The van der Waals surface area contributed by atoms with Gasteiger partial charge in [0.1, 0.15) is 6.61 Å². The predicted octanol–water partition coefficient (Wildman–Crippen LogP) is 3.93. The van der Waals surface area contributed by atoms with Crippen LogP contribution < -0.4 is 5.32 Å². The molecule has 2 N–H and O–H groups in total. The molecule has 0 aliphatic heterocycles. The van der Waals surface area contributed by atoms with Crippen LogP contribution in [0, 0.1) is 0 Å². The number of carboxylic acids is 1. The first kappa shape index (κ1) is 18.8. The molecule has 2 aromatic carbocycles. The zero-order valence-electron chi connectivity index (χ0n) is 14.2. The molecule has 0 radical (unpaired) electrons. The van der Waals surface area contributed by atoms with Crippen molar-refractivity contribution in [3.8, 4) is 11.1 Å².